The van der Waals surface area contributed by atoms with E-state index in [-0.39, 0.29) is 0 Å². The second-order valence-electron chi connectivity index (χ2n) is 9.47. The van der Waals surface area contributed by atoms with Crippen molar-refractivity contribution < 1.29 is 28.4 Å². The lowest BCUT2D eigenvalue weighted by Crippen LogP contribution is -2.42. The van der Waals surface area contributed by atoms with Crippen LogP contribution in [0, 0.1) is 0 Å². The number of nitrogens with zero attached hydrogens (tertiary/aromatic N) is 6. The van der Waals surface area contributed by atoms with Crippen molar-refractivity contribution in [3.05, 3.63) is 68.4 Å². The summed E-state index contributed by atoms with van der Waals surface area (Å²) in [6.45, 7) is 5.52. The molecular formula is C25H28N6O6. The molecule has 0 aromatic heterocycles. The lowest BCUT2D eigenvalue weighted by atomic mass is 9.92. The molecule has 0 aliphatic carbocycles. The van der Waals surface area contributed by atoms with Gasteiger partial charge in [-0.3, -0.25) is 0 Å². The number of azide groups is 2. The summed E-state index contributed by atoms with van der Waals surface area (Å²) in [5.74, 6) is 1.68. The minimum Gasteiger partial charge on any atom is -0.486 e. The first-order chi connectivity index (χ1) is 18.0. The van der Waals surface area contributed by atoms with E-state index in [1.165, 1.54) is 0 Å². The summed E-state index contributed by atoms with van der Waals surface area (Å²) in [4.78, 5) is 6.17. The molecule has 0 saturated carbocycles. The smallest absolute Gasteiger partial charge is 0.163 e. The van der Waals surface area contributed by atoms with Crippen LogP contribution in [0.25, 0.3) is 20.9 Å². The molecule has 3 aliphatic heterocycles. The molecule has 194 valence electrons. The normalized spacial score (nSPS) is 22.8. The average Bonchev–Trinajstić information content (AvgIpc) is 3.23. The van der Waals surface area contributed by atoms with Crippen molar-refractivity contribution in [2.45, 2.75) is 56.8 Å². The maximum atomic E-state index is 9.38. The first kappa shape index (κ1) is 24.9. The van der Waals surface area contributed by atoms with Crippen LogP contribution in [0.2, 0.25) is 0 Å². The van der Waals surface area contributed by atoms with Gasteiger partial charge in [-0.05, 0) is 73.1 Å². The maximum absolute atomic E-state index is 9.38. The number of hydrogen-bond acceptors (Lipinski definition) is 8. The van der Waals surface area contributed by atoms with Crippen molar-refractivity contribution in [3.8, 4) is 23.0 Å². The van der Waals surface area contributed by atoms with Gasteiger partial charge in [0.05, 0.1) is 24.3 Å². The summed E-state index contributed by atoms with van der Waals surface area (Å²) in [5, 5.41) is 8.14. The van der Waals surface area contributed by atoms with Gasteiger partial charge in [-0.2, -0.15) is 0 Å². The number of benzene rings is 2. The third-order valence-corrected chi connectivity index (χ3v) is 6.42. The van der Waals surface area contributed by atoms with Gasteiger partial charge in [0.2, 0.25) is 0 Å². The lowest BCUT2D eigenvalue weighted by molar-refractivity contribution is -0.149. The quantitative estimate of drug-likeness (QED) is 0.281. The topological polar surface area (TPSA) is 153 Å². The number of rotatable bonds is 8. The van der Waals surface area contributed by atoms with Crippen molar-refractivity contribution >= 4 is 0 Å². The Morgan fingerprint density at radius 2 is 1.14 bits per heavy atom. The highest BCUT2D eigenvalue weighted by molar-refractivity contribution is 5.45. The molecule has 1 saturated heterocycles. The van der Waals surface area contributed by atoms with E-state index in [1.54, 1.807) is 13.8 Å². The second-order valence-corrected chi connectivity index (χ2v) is 9.47. The van der Waals surface area contributed by atoms with E-state index in [9.17, 15) is 11.1 Å². The monoisotopic (exact) mass is 508 g/mol. The molecule has 2 aromatic rings. The number of hydrogen-bond donors (Lipinski definition) is 0. The Bertz CT molecular complexity index is 1150. The van der Waals surface area contributed by atoms with Gasteiger partial charge in [-0.15, -0.1) is 0 Å². The Hall–Kier alpha value is -3.82. The summed E-state index contributed by atoms with van der Waals surface area (Å²) in [6, 6.07) is 10.00. The van der Waals surface area contributed by atoms with Gasteiger partial charge in [0.25, 0.3) is 0 Å². The van der Waals surface area contributed by atoms with Gasteiger partial charge < -0.3 is 28.4 Å². The second kappa shape index (κ2) is 10.7. The third kappa shape index (κ3) is 5.63. The van der Waals surface area contributed by atoms with E-state index in [1.807, 2.05) is 36.4 Å². The molecule has 0 radical (unpaired) electrons. The van der Waals surface area contributed by atoms with Crippen LogP contribution in [-0.4, -0.2) is 56.5 Å². The fraction of sp³-hybridized carbons (Fsp3) is 0.520. The van der Waals surface area contributed by atoms with Crippen LogP contribution in [0.5, 0.6) is 23.0 Å². The fourth-order valence-electron chi connectivity index (χ4n) is 4.90. The minimum absolute atomic E-state index is 0.369. The SMILES string of the molecule is CC1(C)O[C@@H]([C@@H](Cc2ccc3c(c2)OCCO3)N=[N+]=[N-])[C@H]([C@@H](Cc2ccc3c(c2)OCCO3)N=[N+]=[N-])O1. The van der Waals surface area contributed by atoms with Crippen LogP contribution in [0.15, 0.2) is 46.6 Å². The predicted molar refractivity (Wildman–Crippen MR) is 132 cm³/mol. The van der Waals surface area contributed by atoms with Gasteiger partial charge in [0.15, 0.2) is 28.8 Å². The molecule has 0 bridgehead atoms. The van der Waals surface area contributed by atoms with E-state index >= 15 is 0 Å². The molecule has 2 aromatic carbocycles. The van der Waals surface area contributed by atoms with Gasteiger partial charge in [0.1, 0.15) is 26.4 Å². The summed E-state index contributed by atoms with van der Waals surface area (Å²) >= 11 is 0. The van der Waals surface area contributed by atoms with Crippen molar-refractivity contribution in [2.75, 3.05) is 26.4 Å². The Balaban J connectivity index is 1.41. The highest BCUT2D eigenvalue weighted by Gasteiger charge is 2.48. The molecule has 0 N–H and O–H groups in total. The standard InChI is InChI=1S/C25H28N6O6/c1-25(2)36-23(17(28-30-26)11-15-3-5-19-21(13-15)34-9-7-32-19)24(37-25)18(29-31-27)12-16-4-6-20-22(14-16)35-10-8-33-20/h3-6,13-14,17-18,23-24H,7-12H2,1-2H3/t17-,18-,23+,24+/m1/s1. The molecular weight excluding hydrogens is 480 g/mol. The Labute approximate surface area is 213 Å². The highest BCUT2D eigenvalue weighted by Crippen LogP contribution is 2.38. The molecule has 37 heavy (non-hydrogen) atoms. The summed E-state index contributed by atoms with van der Waals surface area (Å²) in [6.07, 6.45) is -0.582. The zero-order chi connectivity index (χ0) is 25.8. The highest BCUT2D eigenvalue weighted by atomic mass is 16.8. The van der Waals surface area contributed by atoms with Crippen LogP contribution >= 0.6 is 0 Å². The lowest BCUT2D eigenvalue weighted by Gasteiger charge is -2.27. The van der Waals surface area contributed by atoms with E-state index in [0.717, 1.165) is 11.1 Å². The van der Waals surface area contributed by atoms with Gasteiger partial charge in [-0.25, -0.2) is 0 Å². The van der Waals surface area contributed by atoms with Crippen LogP contribution in [0.4, 0.5) is 0 Å². The van der Waals surface area contributed by atoms with Crippen molar-refractivity contribution in [1.29, 1.82) is 0 Å². The molecule has 1 fully saturated rings. The average molecular weight is 509 g/mol. The van der Waals surface area contributed by atoms with Crippen molar-refractivity contribution in [3.63, 3.8) is 0 Å². The van der Waals surface area contributed by atoms with Gasteiger partial charge in [0, 0.05) is 9.82 Å². The number of fused-ring (bicyclic) bond motifs is 2. The van der Waals surface area contributed by atoms with Crippen molar-refractivity contribution in [2.24, 2.45) is 10.2 Å². The molecule has 3 aliphatic rings. The van der Waals surface area contributed by atoms with Gasteiger partial charge >= 0.3 is 0 Å². The molecule has 0 spiro atoms. The zero-order valence-electron chi connectivity index (χ0n) is 20.6. The van der Waals surface area contributed by atoms with Crippen LogP contribution < -0.4 is 18.9 Å². The summed E-state index contributed by atoms with van der Waals surface area (Å²) in [7, 11) is 0. The fourth-order valence-corrected chi connectivity index (χ4v) is 4.90. The molecule has 3 heterocycles. The Morgan fingerprint density at radius 3 is 1.54 bits per heavy atom. The molecule has 0 unspecified atom stereocenters. The van der Waals surface area contributed by atoms with E-state index in [0.29, 0.717) is 62.3 Å². The molecule has 4 atom stereocenters. The first-order valence-electron chi connectivity index (χ1n) is 12.2. The Kier molecular flexibility index (Phi) is 7.16. The molecule has 0 amide bonds. The van der Waals surface area contributed by atoms with Crippen LogP contribution in [-0.2, 0) is 22.3 Å². The van der Waals surface area contributed by atoms with E-state index in [2.05, 4.69) is 20.1 Å². The van der Waals surface area contributed by atoms with E-state index < -0.39 is 30.1 Å². The first-order valence-corrected chi connectivity index (χ1v) is 12.2. The van der Waals surface area contributed by atoms with Crippen LogP contribution in [0.1, 0.15) is 25.0 Å². The van der Waals surface area contributed by atoms with E-state index in [4.69, 9.17) is 28.4 Å². The Morgan fingerprint density at radius 1 is 0.730 bits per heavy atom. The van der Waals surface area contributed by atoms with Crippen molar-refractivity contribution in [1.82, 2.24) is 0 Å². The molecule has 12 nitrogen and oxygen atoms in total. The predicted octanol–water partition coefficient (Wildman–Crippen LogP) is 4.89. The zero-order valence-corrected chi connectivity index (χ0v) is 20.6. The minimum atomic E-state index is -0.971. The molecule has 5 rings (SSSR count). The van der Waals surface area contributed by atoms with Crippen LogP contribution in [0.3, 0.4) is 0 Å². The maximum Gasteiger partial charge on any atom is 0.163 e. The summed E-state index contributed by atoms with van der Waals surface area (Å²) in [5.41, 5.74) is 20.5. The molecule has 12 heteroatoms. The summed E-state index contributed by atoms with van der Waals surface area (Å²) < 4.78 is 35.1. The van der Waals surface area contributed by atoms with Gasteiger partial charge in [-0.1, -0.05) is 22.4 Å². The largest absolute Gasteiger partial charge is 0.486 e. The number of ether oxygens (including phenoxy) is 6. The third-order valence-electron chi connectivity index (χ3n) is 6.42.